The zero-order valence-corrected chi connectivity index (χ0v) is 16.9. The highest BCUT2D eigenvalue weighted by Crippen LogP contribution is 2.45. The average Bonchev–Trinajstić information content (AvgIpc) is 3.15. The topological polar surface area (TPSA) is 43.1 Å². The highest BCUT2D eigenvalue weighted by atomic mass is 32.1. The van der Waals surface area contributed by atoms with Crippen LogP contribution < -0.4 is 0 Å². The molecule has 0 saturated carbocycles. The molecular formula is C21H19F3N4S. The van der Waals surface area contributed by atoms with Gasteiger partial charge in [0.1, 0.15) is 34.7 Å². The van der Waals surface area contributed by atoms with Crippen LogP contribution in [-0.2, 0) is 6.42 Å². The molecule has 2 aromatic heterocycles. The molecule has 2 aliphatic rings. The van der Waals surface area contributed by atoms with Crippen molar-refractivity contribution in [1.82, 2.24) is 14.8 Å². The Kier molecular flexibility index (Phi) is 4.34. The zero-order chi connectivity index (χ0) is 20.3. The smallest absolute Gasteiger partial charge is 0.162 e. The summed E-state index contributed by atoms with van der Waals surface area (Å²) in [6, 6.07) is 3.34. The molecule has 8 heteroatoms. The highest BCUT2D eigenvalue weighted by Gasteiger charge is 2.35. The van der Waals surface area contributed by atoms with E-state index in [1.54, 1.807) is 0 Å². The predicted molar refractivity (Wildman–Crippen MR) is 106 cm³/mol. The molecule has 5 rings (SSSR count). The second-order valence-corrected chi connectivity index (χ2v) is 8.56. The summed E-state index contributed by atoms with van der Waals surface area (Å²) < 4.78 is 46.4. The number of benzene rings is 1. The second kappa shape index (κ2) is 6.79. The van der Waals surface area contributed by atoms with Crippen LogP contribution in [0.4, 0.5) is 13.2 Å². The first-order valence-electron chi connectivity index (χ1n) is 9.71. The Balaban J connectivity index is 1.88. The molecule has 0 spiro atoms. The predicted octanol–water partition coefficient (Wildman–Crippen LogP) is 5.56. The van der Waals surface area contributed by atoms with Crippen molar-refractivity contribution in [3.8, 4) is 5.00 Å². The summed E-state index contributed by atoms with van der Waals surface area (Å²) in [6.07, 6.45) is 1.63. The van der Waals surface area contributed by atoms with Crippen LogP contribution in [-0.4, -0.2) is 20.5 Å². The summed E-state index contributed by atoms with van der Waals surface area (Å²) in [5, 5.41) is 9.12. The van der Waals surface area contributed by atoms with Gasteiger partial charge in [-0.3, -0.25) is 9.56 Å². The lowest BCUT2D eigenvalue weighted by atomic mass is 9.95. The molecule has 29 heavy (non-hydrogen) atoms. The van der Waals surface area contributed by atoms with Gasteiger partial charge >= 0.3 is 0 Å². The number of rotatable bonds is 1. The number of halogens is 3. The van der Waals surface area contributed by atoms with Crippen LogP contribution in [0, 0.1) is 18.6 Å². The van der Waals surface area contributed by atoms with Crippen LogP contribution in [0.3, 0.4) is 0 Å². The minimum Gasteiger partial charge on any atom is -0.273 e. The Bertz CT molecular complexity index is 1130. The van der Waals surface area contributed by atoms with Crippen molar-refractivity contribution in [1.29, 1.82) is 0 Å². The molecule has 3 heterocycles. The summed E-state index contributed by atoms with van der Waals surface area (Å²) in [4.78, 5) is 5.33. The van der Waals surface area contributed by atoms with Crippen LogP contribution in [0.2, 0.25) is 0 Å². The quantitative estimate of drug-likeness (QED) is 0.487. The van der Waals surface area contributed by atoms with Gasteiger partial charge in [-0.05, 0) is 57.2 Å². The van der Waals surface area contributed by atoms with E-state index in [1.807, 2.05) is 18.4 Å². The first-order valence-corrected chi connectivity index (χ1v) is 10.5. The molecule has 0 fully saturated rings. The number of aromatic nitrogens is 3. The molecule has 0 unspecified atom stereocenters. The zero-order valence-electron chi connectivity index (χ0n) is 16.0. The number of fused-ring (bicyclic) bond motifs is 5. The van der Waals surface area contributed by atoms with E-state index in [9.17, 15) is 13.2 Å². The van der Waals surface area contributed by atoms with Gasteiger partial charge in [0.2, 0.25) is 0 Å². The number of thiophene rings is 1. The van der Waals surface area contributed by atoms with Crippen molar-refractivity contribution in [3.63, 3.8) is 0 Å². The van der Waals surface area contributed by atoms with Gasteiger partial charge in [-0.15, -0.1) is 21.5 Å². The third-order valence-corrected chi connectivity index (χ3v) is 6.93. The number of aliphatic imine (C=N–C) groups is 1. The maximum atomic E-state index is 15.0. The van der Waals surface area contributed by atoms with E-state index in [0.29, 0.717) is 39.9 Å². The van der Waals surface area contributed by atoms with Crippen molar-refractivity contribution in [3.05, 3.63) is 63.0 Å². The Hall–Kier alpha value is -2.48. The molecule has 0 radical (unpaired) electrons. The maximum Gasteiger partial charge on any atom is 0.162 e. The first kappa shape index (κ1) is 18.5. The highest BCUT2D eigenvalue weighted by molar-refractivity contribution is 7.15. The fraction of sp³-hybridized carbons (Fsp3) is 0.381. The van der Waals surface area contributed by atoms with Gasteiger partial charge in [-0.25, -0.2) is 13.2 Å². The van der Waals surface area contributed by atoms with E-state index >= 15 is 0 Å². The number of aryl methyl sites for hydroxylation is 1. The van der Waals surface area contributed by atoms with Gasteiger partial charge in [0, 0.05) is 10.4 Å². The average molecular weight is 416 g/mol. The van der Waals surface area contributed by atoms with Crippen molar-refractivity contribution in [2.24, 2.45) is 4.99 Å². The Morgan fingerprint density at radius 1 is 1.10 bits per heavy atom. The molecule has 0 saturated heterocycles. The number of hydrogen-bond acceptors (Lipinski definition) is 4. The van der Waals surface area contributed by atoms with Gasteiger partial charge in [-0.2, -0.15) is 0 Å². The van der Waals surface area contributed by atoms with Crippen LogP contribution in [0.5, 0.6) is 0 Å². The Morgan fingerprint density at radius 2 is 1.86 bits per heavy atom. The standard InChI is InChI=1S/C21H19F3N4S/c1-10-20-27-26-11(2)28(20)21-16(12-6-3-4-7-15(24)19(12)29-21)18(25-10)17-13(22)8-5-9-14(17)23/h5,8-10,15H,3-4,6-7H2,1-2H3/t10-,15-/m0/s1. The van der Waals surface area contributed by atoms with Gasteiger partial charge in [0.25, 0.3) is 0 Å². The molecule has 1 aliphatic heterocycles. The van der Waals surface area contributed by atoms with Crippen LogP contribution >= 0.6 is 11.3 Å². The summed E-state index contributed by atoms with van der Waals surface area (Å²) in [7, 11) is 0. The summed E-state index contributed by atoms with van der Waals surface area (Å²) in [5.74, 6) is -0.129. The normalized spacial score (nSPS) is 20.9. The maximum absolute atomic E-state index is 15.0. The summed E-state index contributed by atoms with van der Waals surface area (Å²) >= 11 is 1.33. The fourth-order valence-corrected chi connectivity index (χ4v) is 5.68. The van der Waals surface area contributed by atoms with Crippen molar-refractivity contribution in [2.45, 2.75) is 51.7 Å². The molecule has 3 aromatic rings. The van der Waals surface area contributed by atoms with E-state index in [-0.39, 0.29) is 11.3 Å². The number of alkyl halides is 1. The van der Waals surface area contributed by atoms with E-state index in [2.05, 4.69) is 10.2 Å². The lowest BCUT2D eigenvalue weighted by Gasteiger charge is -2.12. The van der Waals surface area contributed by atoms with Crippen LogP contribution in [0.1, 0.15) is 71.6 Å². The lowest BCUT2D eigenvalue weighted by molar-refractivity contribution is 0.325. The van der Waals surface area contributed by atoms with Crippen molar-refractivity contribution in [2.75, 3.05) is 0 Å². The largest absolute Gasteiger partial charge is 0.273 e. The number of hydrogen-bond donors (Lipinski definition) is 0. The molecule has 4 nitrogen and oxygen atoms in total. The van der Waals surface area contributed by atoms with Crippen LogP contribution in [0.15, 0.2) is 23.2 Å². The fourth-order valence-electron chi connectivity index (χ4n) is 4.26. The van der Waals surface area contributed by atoms with Gasteiger partial charge in [-0.1, -0.05) is 6.07 Å². The van der Waals surface area contributed by atoms with E-state index in [4.69, 9.17) is 4.99 Å². The summed E-state index contributed by atoms with van der Waals surface area (Å²) in [6.45, 7) is 3.64. The minimum absolute atomic E-state index is 0.169. The molecule has 0 N–H and O–H groups in total. The van der Waals surface area contributed by atoms with Crippen LogP contribution in [0.25, 0.3) is 5.00 Å². The van der Waals surface area contributed by atoms with Gasteiger partial charge < -0.3 is 0 Å². The third-order valence-electron chi connectivity index (χ3n) is 5.62. The second-order valence-electron chi connectivity index (χ2n) is 7.53. The van der Waals surface area contributed by atoms with E-state index < -0.39 is 23.8 Å². The molecule has 0 bridgehead atoms. The molecule has 1 aliphatic carbocycles. The number of nitrogens with zero attached hydrogens (tertiary/aromatic N) is 4. The van der Waals surface area contributed by atoms with E-state index in [1.165, 1.54) is 29.5 Å². The van der Waals surface area contributed by atoms with Gasteiger partial charge in [0.05, 0.1) is 11.3 Å². The molecular weight excluding hydrogens is 397 g/mol. The van der Waals surface area contributed by atoms with Crippen molar-refractivity contribution < 1.29 is 13.2 Å². The summed E-state index contributed by atoms with van der Waals surface area (Å²) in [5.41, 5.74) is 1.49. The molecule has 2 atom stereocenters. The Labute approximate surface area is 170 Å². The third kappa shape index (κ3) is 2.76. The monoisotopic (exact) mass is 416 g/mol. The molecule has 1 aromatic carbocycles. The van der Waals surface area contributed by atoms with E-state index in [0.717, 1.165) is 18.4 Å². The SMILES string of the molecule is Cc1nnc2n1-c1sc3c(c1C(c1c(F)cccc1F)=N[C@H]2C)CCCC[C@@H]3F. The lowest BCUT2D eigenvalue weighted by Crippen LogP contribution is -2.12. The van der Waals surface area contributed by atoms with Crippen molar-refractivity contribution >= 4 is 17.0 Å². The minimum atomic E-state index is -1.09. The first-order chi connectivity index (χ1) is 14.0. The van der Waals surface area contributed by atoms with Gasteiger partial charge in [0.15, 0.2) is 5.82 Å². The Morgan fingerprint density at radius 3 is 2.62 bits per heavy atom. The molecule has 150 valence electrons. The molecule has 0 amide bonds.